The van der Waals surface area contributed by atoms with Gasteiger partial charge in [-0.05, 0) is 32.6 Å². The molecule has 0 aliphatic carbocycles. The van der Waals surface area contributed by atoms with E-state index in [0.717, 1.165) is 24.6 Å². The number of hydrogen-bond acceptors (Lipinski definition) is 2. The molecular formula is C13H25N3. The summed E-state index contributed by atoms with van der Waals surface area (Å²) in [6.45, 7) is 14.2. The van der Waals surface area contributed by atoms with E-state index in [1.54, 1.807) is 0 Å². The third-order valence-electron chi connectivity index (χ3n) is 2.42. The molecule has 0 fully saturated rings. The zero-order chi connectivity index (χ0) is 12.3. The summed E-state index contributed by atoms with van der Waals surface area (Å²) >= 11 is 0. The molecule has 3 nitrogen and oxygen atoms in total. The number of aryl methyl sites for hydroxylation is 2. The molecule has 1 N–H and O–H groups in total. The summed E-state index contributed by atoms with van der Waals surface area (Å²) in [5, 5.41) is 3.38. The Labute approximate surface area is 99.3 Å². The van der Waals surface area contributed by atoms with Crippen molar-refractivity contribution in [3.8, 4) is 0 Å². The molecule has 0 radical (unpaired) electrons. The first-order valence-electron chi connectivity index (χ1n) is 6.08. The number of nitrogens with one attached hydrogen (secondary N) is 1. The molecule has 1 rings (SSSR count). The predicted molar refractivity (Wildman–Crippen MR) is 69.8 cm³/mol. The molecule has 16 heavy (non-hydrogen) atoms. The second-order valence-electron chi connectivity index (χ2n) is 6.01. The van der Waals surface area contributed by atoms with Crippen LogP contribution in [0.3, 0.4) is 0 Å². The molecular weight excluding hydrogens is 198 g/mol. The number of hydrogen-bond donors (Lipinski definition) is 1. The van der Waals surface area contributed by atoms with Gasteiger partial charge in [0.2, 0.25) is 5.95 Å². The van der Waals surface area contributed by atoms with Crippen molar-refractivity contribution in [2.75, 3.05) is 5.32 Å². The molecule has 0 amide bonds. The van der Waals surface area contributed by atoms with Crippen LogP contribution in [0.5, 0.6) is 0 Å². The minimum Gasteiger partial charge on any atom is -0.353 e. The minimum absolute atomic E-state index is 0.368. The van der Waals surface area contributed by atoms with Crippen molar-refractivity contribution < 1.29 is 0 Å². The molecule has 1 aromatic rings. The van der Waals surface area contributed by atoms with Crippen molar-refractivity contribution in [1.82, 2.24) is 9.55 Å². The first kappa shape index (κ1) is 13.1. The van der Waals surface area contributed by atoms with Crippen molar-refractivity contribution in [2.24, 2.45) is 5.41 Å². The second kappa shape index (κ2) is 4.89. The lowest BCUT2D eigenvalue weighted by atomic mass is 9.92. The highest BCUT2D eigenvalue weighted by molar-refractivity contribution is 5.29. The molecule has 0 saturated carbocycles. The van der Waals surface area contributed by atoms with Crippen LogP contribution in [0, 0.1) is 12.3 Å². The lowest BCUT2D eigenvalue weighted by Crippen LogP contribution is -2.16. The van der Waals surface area contributed by atoms with E-state index >= 15 is 0 Å². The highest BCUT2D eigenvalue weighted by Gasteiger charge is 2.12. The van der Waals surface area contributed by atoms with E-state index in [4.69, 9.17) is 0 Å². The third-order valence-corrected chi connectivity index (χ3v) is 2.42. The molecule has 0 spiro atoms. The van der Waals surface area contributed by atoms with Crippen molar-refractivity contribution in [2.45, 2.75) is 60.5 Å². The summed E-state index contributed by atoms with van der Waals surface area (Å²) in [5.41, 5.74) is 1.45. The molecule has 1 heterocycles. The molecule has 0 bridgehead atoms. The third kappa shape index (κ3) is 4.25. The Morgan fingerprint density at radius 3 is 2.50 bits per heavy atom. The Balaban J connectivity index is 2.71. The van der Waals surface area contributed by atoms with Crippen LogP contribution in [-0.4, -0.2) is 15.6 Å². The summed E-state index contributed by atoms with van der Waals surface area (Å²) in [5.74, 6) is 0.997. The van der Waals surface area contributed by atoms with Crippen molar-refractivity contribution in [1.29, 1.82) is 0 Å². The van der Waals surface area contributed by atoms with Gasteiger partial charge in [-0.2, -0.15) is 0 Å². The summed E-state index contributed by atoms with van der Waals surface area (Å²) < 4.78 is 2.22. The molecule has 0 aliphatic rings. The Bertz CT molecular complexity index is 331. The zero-order valence-corrected chi connectivity index (χ0v) is 11.5. The van der Waals surface area contributed by atoms with Crippen LogP contribution < -0.4 is 5.32 Å². The maximum atomic E-state index is 4.50. The molecule has 0 aliphatic heterocycles. The van der Waals surface area contributed by atoms with Crippen LogP contribution in [0.2, 0.25) is 0 Å². The first-order chi connectivity index (χ1) is 7.28. The lowest BCUT2D eigenvalue weighted by molar-refractivity contribution is 0.351. The van der Waals surface area contributed by atoms with E-state index in [2.05, 4.69) is 55.7 Å². The fourth-order valence-corrected chi connectivity index (χ4v) is 1.55. The van der Waals surface area contributed by atoms with Gasteiger partial charge in [-0.1, -0.05) is 20.8 Å². The highest BCUT2D eigenvalue weighted by Crippen LogP contribution is 2.21. The summed E-state index contributed by atoms with van der Waals surface area (Å²) in [7, 11) is 0. The fraction of sp³-hybridized carbons (Fsp3) is 0.769. The standard InChI is InChI=1S/C13H25N3/c1-10(2)14-12-15-11(3)9-16(12)8-7-13(4,5)6/h9-10H,7-8H2,1-6H3,(H,14,15). The Kier molecular flexibility index (Phi) is 4.00. The van der Waals surface area contributed by atoms with E-state index in [-0.39, 0.29) is 0 Å². The van der Waals surface area contributed by atoms with Gasteiger partial charge < -0.3 is 9.88 Å². The number of nitrogens with zero attached hydrogens (tertiary/aromatic N) is 2. The van der Waals surface area contributed by atoms with Gasteiger partial charge in [0.1, 0.15) is 0 Å². The molecule has 0 atom stereocenters. The average molecular weight is 223 g/mol. The van der Waals surface area contributed by atoms with Crippen molar-refractivity contribution in [3.63, 3.8) is 0 Å². The lowest BCUT2D eigenvalue weighted by Gasteiger charge is -2.19. The maximum absolute atomic E-state index is 4.50. The summed E-state index contributed by atoms with van der Waals surface area (Å²) in [6, 6.07) is 0.426. The van der Waals surface area contributed by atoms with Gasteiger partial charge in [0, 0.05) is 18.8 Å². The molecule has 3 heteroatoms. The monoisotopic (exact) mass is 223 g/mol. The highest BCUT2D eigenvalue weighted by atomic mass is 15.2. The normalized spacial score (nSPS) is 12.2. The summed E-state index contributed by atoms with van der Waals surface area (Å²) in [4.78, 5) is 4.50. The van der Waals surface area contributed by atoms with Gasteiger partial charge >= 0.3 is 0 Å². The Morgan fingerprint density at radius 1 is 1.38 bits per heavy atom. The molecule has 0 saturated heterocycles. The van der Waals surface area contributed by atoms with E-state index in [1.807, 2.05) is 6.92 Å². The van der Waals surface area contributed by atoms with Crippen LogP contribution in [0.25, 0.3) is 0 Å². The van der Waals surface area contributed by atoms with E-state index < -0.39 is 0 Å². The maximum Gasteiger partial charge on any atom is 0.203 e. The van der Waals surface area contributed by atoms with Gasteiger partial charge in [0.05, 0.1) is 5.69 Å². The second-order valence-corrected chi connectivity index (χ2v) is 6.01. The van der Waals surface area contributed by atoms with Gasteiger partial charge in [0.25, 0.3) is 0 Å². The van der Waals surface area contributed by atoms with E-state index in [0.29, 0.717) is 11.5 Å². The number of rotatable bonds is 4. The van der Waals surface area contributed by atoms with Crippen LogP contribution >= 0.6 is 0 Å². The zero-order valence-electron chi connectivity index (χ0n) is 11.5. The van der Waals surface area contributed by atoms with Crippen LogP contribution in [-0.2, 0) is 6.54 Å². The molecule has 0 unspecified atom stereocenters. The summed E-state index contributed by atoms with van der Waals surface area (Å²) in [6.07, 6.45) is 3.28. The van der Waals surface area contributed by atoms with Gasteiger partial charge in [0.15, 0.2) is 0 Å². The van der Waals surface area contributed by atoms with Gasteiger partial charge in [-0.15, -0.1) is 0 Å². The van der Waals surface area contributed by atoms with Crippen molar-refractivity contribution >= 4 is 5.95 Å². The molecule has 0 aromatic carbocycles. The topological polar surface area (TPSA) is 29.9 Å². The Hall–Kier alpha value is -0.990. The Morgan fingerprint density at radius 2 is 2.00 bits per heavy atom. The van der Waals surface area contributed by atoms with E-state index in [9.17, 15) is 0 Å². The average Bonchev–Trinajstić information content (AvgIpc) is 2.40. The smallest absolute Gasteiger partial charge is 0.203 e. The number of aromatic nitrogens is 2. The SMILES string of the molecule is Cc1cn(CCC(C)(C)C)c(NC(C)C)n1. The van der Waals surface area contributed by atoms with Gasteiger partial charge in [-0.3, -0.25) is 0 Å². The van der Waals surface area contributed by atoms with Crippen LogP contribution in [0.1, 0.15) is 46.7 Å². The van der Waals surface area contributed by atoms with Crippen molar-refractivity contribution in [3.05, 3.63) is 11.9 Å². The molecule has 92 valence electrons. The minimum atomic E-state index is 0.368. The largest absolute Gasteiger partial charge is 0.353 e. The molecule has 1 aromatic heterocycles. The van der Waals surface area contributed by atoms with Gasteiger partial charge in [-0.25, -0.2) is 4.98 Å². The fourth-order valence-electron chi connectivity index (χ4n) is 1.55. The quantitative estimate of drug-likeness (QED) is 0.847. The first-order valence-corrected chi connectivity index (χ1v) is 6.08. The van der Waals surface area contributed by atoms with Crippen LogP contribution in [0.15, 0.2) is 6.20 Å². The number of anilines is 1. The van der Waals surface area contributed by atoms with E-state index in [1.165, 1.54) is 0 Å². The predicted octanol–water partition coefficient (Wildman–Crippen LogP) is 3.45. The number of imidazole rings is 1. The van der Waals surface area contributed by atoms with Crippen LogP contribution in [0.4, 0.5) is 5.95 Å².